The van der Waals surface area contributed by atoms with Crippen LogP contribution in [-0.4, -0.2) is 37.6 Å². The molecule has 2 atom stereocenters. The Balaban J connectivity index is 1.77. The summed E-state index contributed by atoms with van der Waals surface area (Å²) in [5, 5.41) is 3.31. The molecule has 1 N–H and O–H groups in total. The Hall–Kier alpha value is -0.0800. The highest BCUT2D eigenvalue weighted by atomic mass is 15.2. The Kier molecular flexibility index (Phi) is 4.04. The number of nitrogens with zero attached hydrogens (tertiary/aromatic N) is 1. The SMILES string of the molecule is CNCC1CCN(C2CCCC2C)CC1. The lowest BCUT2D eigenvalue weighted by Gasteiger charge is -2.37. The summed E-state index contributed by atoms with van der Waals surface area (Å²) in [5.74, 6) is 1.88. The van der Waals surface area contributed by atoms with E-state index in [0.717, 1.165) is 17.9 Å². The fourth-order valence-electron chi connectivity index (χ4n) is 3.45. The molecule has 1 aliphatic carbocycles. The van der Waals surface area contributed by atoms with Gasteiger partial charge in [0.2, 0.25) is 0 Å². The van der Waals surface area contributed by atoms with E-state index in [1.54, 1.807) is 0 Å². The first kappa shape index (κ1) is 11.4. The summed E-state index contributed by atoms with van der Waals surface area (Å²) in [7, 11) is 2.07. The molecular weight excluding hydrogens is 184 g/mol. The summed E-state index contributed by atoms with van der Waals surface area (Å²) >= 11 is 0. The van der Waals surface area contributed by atoms with E-state index in [1.165, 1.54) is 51.7 Å². The van der Waals surface area contributed by atoms with E-state index in [-0.39, 0.29) is 0 Å². The number of piperidine rings is 1. The predicted octanol–water partition coefficient (Wildman–Crippen LogP) is 2.11. The van der Waals surface area contributed by atoms with E-state index in [4.69, 9.17) is 0 Å². The van der Waals surface area contributed by atoms with Gasteiger partial charge in [0.25, 0.3) is 0 Å². The molecule has 0 radical (unpaired) electrons. The van der Waals surface area contributed by atoms with Crippen molar-refractivity contribution in [2.45, 2.75) is 45.1 Å². The monoisotopic (exact) mass is 210 g/mol. The van der Waals surface area contributed by atoms with Crippen LogP contribution in [0.5, 0.6) is 0 Å². The normalized spacial score (nSPS) is 34.8. The third kappa shape index (κ3) is 2.73. The van der Waals surface area contributed by atoms with Gasteiger partial charge in [-0.25, -0.2) is 0 Å². The van der Waals surface area contributed by atoms with Crippen LogP contribution in [0.3, 0.4) is 0 Å². The molecule has 2 rings (SSSR count). The molecule has 2 aliphatic rings. The molecule has 0 spiro atoms. The minimum atomic E-state index is 0.917. The van der Waals surface area contributed by atoms with E-state index in [9.17, 15) is 0 Å². The average Bonchev–Trinajstić information content (AvgIpc) is 2.66. The standard InChI is InChI=1S/C13H26N2/c1-11-4-3-5-13(11)15-8-6-12(7-9-15)10-14-2/h11-14H,3-10H2,1-2H3. The minimum absolute atomic E-state index is 0.917. The van der Waals surface area contributed by atoms with Gasteiger partial charge < -0.3 is 10.2 Å². The third-order valence-electron chi connectivity index (χ3n) is 4.43. The molecule has 1 saturated carbocycles. The number of hydrogen-bond acceptors (Lipinski definition) is 2. The third-order valence-corrected chi connectivity index (χ3v) is 4.43. The maximum atomic E-state index is 3.31. The van der Waals surface area contributed by atoms with Crippen molar-refractivity contribution in [2.75, 3.05) is 26.7 Å². The molecule has 1 heterocycles. The van der Waals surface area contributed by atoms with E-state index in [2.05, 4.69) is 24.2 Å². The first-order chi connectivity index (χ1) is 7.31. The van der Waals surface area contributed by atoms with Gasteiger partial charge in [-0.3, -0.25) is 0 Å². The summed E-state index contributed by atoms with van der Waals surface area (Å²) in [6, 6.07) is 0.917. The molecule has 2 unspecified atom stereocenters. The summed E-state index contributed by atoms with van der Waals surface area (Å²) in [6.45, 7) is 6.36. The first-order valence-corrected chi connectivity index (χ1v) is 6.70. The van der Waals surface area contributed by atoms with Gasteiger partial charge in [-0.15, -0.1) is 0 Å². The molecular formula is C13H26N2. The lowest BCUT2D eigenvalue weighted by atomic mass is 9.94. The highest BCUT2D eigenvalue weighted by Gasteiger charge is 2.31. The van der Waals surface area contributed by atoms with Crippen molar-refractivity contribution in [2.24, 2.45) is 11.8 Å². The number of hydrogen-bond donors (Lipinski definition) is 1. The lowest BCUT2D eigenvalue weighted by Crippen LogP contribution is -2.43. The van der Waals surface area contributed by atoms with Crippen molar-refractivity contribution in [3.05, 3.63) is 0 Å². The molecule has 2 heteroatoms. The van der Waals surface area contributed by atoms with Gasteiger partial charge in [0.15, 0.2) is 0 Å². The van der Waals surface area contributed by atoms with Crippen molar-refractivity contribution >= 4 is 0 Å². The highest BCUT2D eigenvalue weighted by Crippen LogP contribution is 2.31. The van der Waals surface area contributed by atoms with Gasteiger partial charge in [-0.1, -0.05) is 13.3 Å². The summed E-state index contributed by atoms with van der Waals surface area (Å²) in [5.41, 5.74) is 0. The molecule has 0 amide bonds. The van der Waals surface area contributed by atoms with Gasteiger partial charge in [-0.2, -0.15) is 0 Å². The van der Waals surface area contributed by atoms with Crippen LogP contribution >= 0.6 is 0 Å². The second-order valence-electron chi connectivity index (χ2n) is 5.51. The first-order valence-electron chi connectivity index (χ1n) is 6.70. The Morgan fingerprint density at radius 1 is 1.13 bits per heavy atom. The second kappa shape index (κ2) is 5.31. The molecule has 0 bridgehead atoms. The van der Waals surface area contributed by atoms with Crippen LogP contribution in [0.4, 0.5) is 0 Å². The fraction of sp³-hybridized carbons (Fsp3) is 1.00. The Labute approximate surface area is 94.4 Å². The second-order valence-corrected chi connectivity index (χ2v) is 5.51. The largest absolute Gasteiger partial charge is 0.319 e. The highest BCUT2D eigenvalue weighted by molar-refractivity contribution is 4.86. The van der Waals surface area contributed by atoms with Gasteiger partial charge in [0.1, 0.15) is 0 Å². The zero-order valence-electron chi connectivity index (χ0n) is 10.3. The Morgan fingerprint density at radius 3 is 2.40 bits per heavy atom. The maximum absolute atomic E-state index is 3.31. The van der Waals surface area contributed by atoms with Crippen molar-refractivity contribution in [1.29, 1.82) is 0 Å². The van der Waals surface area contributed by atoms with E-state index in [1.807, 2.05) is 0 Å². The molecule has 0 aromatic heterocycles. The molecule has 2 nitrogen and oxygen atoms in total. The number of nitrogens with one attached hydrogen (secondary N) is 1. The number of rotatable bonds is 3. The number of likely N-dealkylation sites (tertiary alicyclic amines) is 1. The van der Waals surface area contributed by atoms with Gasteiger partial charge >= 0.3 is 0 Å². The zero-order valence-corrected chi connectivity index (χ0v) is 10.3. The van der Waals surface area contributed by atoms with E-state index in [0.29, 0.717) is 0 Å². The van der Waals surface area contributed by atoms with E-state index >= 15 is 0 Å². The Bertz CT molecular complexity index is 185. The molecule has 88 valence electrons. The van der Waals surface area contributed by atoms with Crippen LogP contribution in [0, 0.1) is 11.8 Å². The Morgan fingerprint density at radius 2 is 1.87 bits per heavy atom. The van der Waals surface area contributed by atoms with Crippen molar-refractivity contribution < 1.29 is 0 Å². The molecule has 0 aromatic rings. The zero-order chi connectivity index (χ0) is 10.7. The van der Waals surface area contributed by atoms with Gasteiger partial charge in [-0.05, 0) is 64.2 Å². The quantitative estimate of drug-likeness (QED) is 0.767. The fourth-order valence-corrected chi connectivity index (χ4v) is 3.45. The van der Waals surface area contributed by atoms with E-state index < -0.39 is 0 Å². The average molecular weight is 210 g/mol. The summed E-state index contributed by atoms with van der Waals surface area (Å²) in [4.78, 5) is 2.77. The lowest BCUT2D eigenvalue weighted by molar-refractivity contribution is 0.113. The van der Waals surface area contributed by atoms with Crippen molar-refractivity contribution in [3.8, 4) is 0 Å². The summed E-state index contributed by atoms with van der Waals surface area (Å²) in [6.07, 6.45) is 7.19. The molecule has 1 aliphatic heterocycles. The van der Waals surface area contributed by atoms with Crippen LogP contribution in [0.25, 0.3) is 0 Å². The van der Waals surface area contributed by atoms with Crippen LogP contribution in [-0.2, 0) is 0 Å². The van der Waals surface area contributed by atoms with Crippen molar-refractivity contribution in [1.82, 2.24) is 10.2 Å². The van der Waals surface area contributed by atoms with Crippen molar-refractivity contribution in [3.63, 3.8) is 0 Å². The molecule has 1 saturated heterocycles. The minimum Gasteiger partial charge on any atom is -0.319 e. The van der Waals surface area contributed by atoms with Gasteiger partial charge in [0, 0.05) is 6.04 Å². The van der Waals surface area contributed by atoms with Crippen LogP contribution in [0.2, 0.25) is 0 Å². The van der Waals surface area contributed by atoms with Crippen LogP contribution in [0.15, 0.2) is 0 Å². The summed E-state index contributed by atoms with van der Waals surface area (Å²) < 4.78 is 0. The maximum Gasteiger partial charge on any atom is 0.0121 e. The topological polar surface area (TPSA) is 15.3 Å². The molecule has 0 aromatic carbocycles. The molecule has 15 heavy (non-hydrogen) atoms. The van der Waals surface area contributed by atoms with Crippen LogP contribution < -0.4 is 5.32 Å². The van der Waals surface area contributed by atoms with Gasteiger partial charge in [0.05, 0.1) is 0 Å². The van der Waals surface area contributed by atoms with Crippen LogP contribution in [0.1, 0.15) is 39.0 Å². The smallest absolute Gasteiger partial charge is 0.0121 e. The predicted molar refractivity (Wildman–Crippen MR) is 65.0 cm³/mol. The molecule has 2 fully saturated rings.